The van der Waals surface area contributed by atoms with Gasteiger partial charge in [0.2, 0.25) is 0 Å². The van der Waals surface area contributed by atoms with E-state index in [1.165, 1.54) is 0 Å². The Kier molecular flexibility index (Phi) is 6.69. The van der Waals surface area contributed by atoms with E-state index >= 15 is 0 Å². The fraction of sp³-hybridized carbons (Fsp3) is 0.571. The molecule has 0 fully saturated rings. The lowest BCUT2D eigenvalue weighted by atomic mass is 10.1. The molecule has 0 saturated carbocycles. The van der Waals surface area contributed by atoms with Gasteiger partial charge in [0.1, 0.15) is 5.75 Å². The molecule has 0 spiro atoms. The summed E-state index contributed by atoms with van der Waals surface area (Å²) in [6.45, 7) is 8.23. The van der Waals surface area contributed by atoms with Crippen LogP contribution in [0.15, 0.2) is 11.0 Å². The Morgan fingerprint density at radius 3 is 2.45 bits per heavy atom. The van der Waals surface area contributed by atoms with Gasteiger partial charge in [-0.05, 0) is 61.5 Å². The summed E-state index contributed by atoms with van der Waals surface area (Å²) in [4.78, 5) is 0.169. The minimum Gasteiger partial charge on any atom is -0.493 e. The van der Waals surface area contributed by atoms with E-state index in [1.807, 2.05) is 25.6 Å². The largest absolute Gasteiger partial charge is 0.493 e. The van der Waals surface area contributed by atoms with E-state index in [4.69, 9.17) is 15.4 Å². The summed E-state index contributed by atoms with van der Waals surface area (Å²) >= 11 is 1.88. The number of ether oxygens (including phenoxy) is 1. The van der Waals surface area contributed by atoms with Gasteiger partial charge in [-0.15, -0.1) is 0 Å². The maximum Gasteiger partial charge on any atom is 0.261 e. The molecule has 0 aliphatic heterocycles. The number of halogens is 1. The van der Waals surface area contributed by atoms with Crippen molar-refractivity contribution in [3.8, 4) is 5.75 Å². The normalized spacial score (nSPS) is 11.7. The summed E-state index contributed by atoms with van der Waals surface area (Å²) in [6.07, 6.45) is 0.978. The van der Waals surface area contributed by atoms with Crippen molar-refractivity contribution in [3.05, 3.63) is 22.8 Å². The van der Waals surface area contributed by atoms with Gasteiger partial charge in [-0.2, -0.15) is 11.8 Å². The second-order valence-corrected chi connectivity index (χ2v) is 8.54. The maximum atomic E-state index is 11.5. The second kappa shape index (κ2) is 7.57. The summed E-state index contributed by atoms with van der Waals surface area (Å²) in [5, 5.41) is 0. The van der Waals surface area contributed by atoms with Gasteiger partial charge >= 0.3 is 0 Å². The molecule has 0 bridgehead atoms. The molecule has 0 heterocycles. The third-order valence-electron chi connectivity index (χ3n) is 3.12. The molecule has 1 aromatic rings. The summed E-state index contributed by atoms with van der Waals surface area (Å²) in [7, 11) is 1.74. The van der Waals surface area contributed by atoms with Crippen LogP contribution in [0.2, 0.25) is 0 Å². The fourth-order valence-corrected chi connectivity index (χ4v) is 3.90. The first-order chi connectivity index (χ1) is 9.29. The lowest BCUT2D eigenvalue weighted by Crippen LogP contribution is -2.05. The first kappa shape index (κ1) is 17.7. The Balaban J connectivity index is 2.92. The van der Waals surface area contributed by atoms with Gasteiger partial charge in [-0.3, -0.25) is 0 Å². The summed E-state index contributed by atoms with van der Waals surface area (Å²) < 4.78 is 28.9. The molecule has 0 aliphatic carbocycles. The predicted octanol–water partition coefficient (Wildman–Crippen LogP) is 4.06. The molecule has 0 N–H and O–H groups in total. The molecule has 0 aliphatic rings. The topological polar surface area (TPSA) is 43.4 Å². The van der Waals surface area contributed by atoms with Crippen molar-refractivity contribution in [2.24, 2.45) is 0 Å². The minimum atomic E-state index is -3.71. The number of benzene rings is 1. The third-order valence-corrected chi connectivity index (χ3v) is 5.56. The highest BCUT2D eigenvalue weighted by Crippen LogP contribution is 2.32. The van der Waals surface area contributed by atoms with Gasteiger partial charge in [-0.1, -0.05) is 6.92 Å². The van der Waals surface area contributed by atoms with Crippen molar-refractivity contribution in [2.45, 2.75) is 39.0 Å². The SMILES string of the molecule is CCSCCCOc1c(C)cc(S(=O)(=O)Cl)c(C)c1C. The molecule has 1 aromatic carbocycles. The van der Waals surface area contributed by atoms with Crippen molar-refractivity contribution >= 4 is 31.5 Å². The quantitative estimate of drug-likeness (QED) is 0.556. The van der Waals surface area contributed by atoms with Gasteiger partial charge in [0, 0.05) is 10.7 Å². The van der Waals surface area contributed by atoms with Crippen LogP contribution >= 0.6 is 22.4 Å². The summed E-state index contributed by atoms with van der Waals surface area (Å²) in [5.41, 5.74) is 2.30. The number of rotatable bonds is 7. The molecule has 6 heteroatoms. The van der Waals surface area contributed by atoms with Crippen LogP contribution in [-0.2, 0) is 9.05 Å². The third kappa shape index (κ3) is 4.57. The van der Waals surface area contributed by atoms with E-state index in [2.05, 4.69) is 6.92 Å². The second-order valence-electron chi connectivity index (χ2n) is 4.61. The van der Waals surface area contributed by atoms with E-state index in [0.717, 1.165) is 34.8 Å². The van der Waals surface area contributed by atoms with Crippen LogP contribution in [0, 0.1) is 20.8 Å². The molecule has 3 nitrogen and oxygen atoms in total. The monoisotopic (exact) mass is 336 g/mol. The molecule has 0 saturated heterocycles. The van der Waals surface area contributed by atoms with Gasteiger partial charge in [0.15, 0.2) is 0 Å². The molecule has 0 radical (unpaired) electrons. The molecule has 0 atom stereocenters. The first-order valence-electron chi connectivity index (χ1n) is 6.55. The number of hydrogen-bond acceptors (Lipinski definition) is 4. The van der Waals surface area contributed by atoms with E-state index in [9.17, 15) is 8.42 Å². The average Bonchev–Trinajstić information content (AvgIpc) is 2.35. The Hall–Kier alpha value is -0.390. The molecular weight excluding hydrogens is 316 g/mol. The average molecular weight is 337 g/mol. The number of hydrogen-bond donors (Lipinski definition) is 0. The minimum absolute atomic E-state index is 0.169. The summed E-state index contributed by atoms with van der Waals surface area (Å²) in [5.74, 6) is 2.95. The molecule has 1 rings (SSSR count). The van der Waals surface area contributed by atoms with Crippen LogP contribution < -0.4 is 4.74 Å². The highest BCUT2D eigenvalue weighted by molar-refractivity contribution is 8.13. The van der Waals surface area contributed by atoms with Crippen molar-refractivity contribution < 1.29 is 13.2 Å². The van der Waals surface area contributed by atoms with Gasteiger partial charge in [0.25, 0.3) is 9.05 Å². The molecule has 0 amide bonds. The number of thioether (sulfide) groups is 1. The molecule has 20 heavy (non-hydrogen) atoms. The van der Waals surface area contributed by atoms with Crippen molar-refractivity contribution in [2.75, 3.05) is 18.1 Å². The Morgan fingerprint density at radius 1 is 1.25 bits per heavy atom. The first-order valence-corrected chi connectivity index (χ1v) is 10.0. The van der Waals surface area contributed by atoms with Gasteiger partial charge in [-0.25, -0.2) is 8.42 Å². The molecule has 0 aromatic heterocycles. The van der Waals surface area contributed by atoms with Crippen LogP contribution in [-0.4, -0.2) is 26.5 Å². The lowest BCUT2D eigenvalue weighted by Gasteiger charge is -2.16. The molecular formula is C14H21ClO3S2. The van der Waals surface area contributed by atoms with Gasteiger partial charge < -0.3 is 4.74 Å². The van der Waals surface area contributed by atoms with E-state index in [0.29, 0.717) is 12.2 Å². The van der Waals surface area contributed by atoms with Crippen LogP contribution in [0.25, 0.3) is 0 Å². The van der Waals surface area contributed by atoms with Crippen molar-refractivity contribution in [3.63, 3.8) is 0 Å². The van der Waals surface area contributed by atoms with E-state index < -0.39 is 9.05 Å². The Morgan fingerprint density at radius 2 is 1.90 bits per heavy atom. The van der Waals surface area contributed by atoms with E-state index in [1.54, 1.807) is 13.0 Å². The van der Waals surface area contributed by atoms with Crippen LogP contribution in [0.4, 0.5) is 0 Å². The zero-order chi connectivity index (χ0) is 15.3. The smallest absolute Gasteiger partial charge is 0.261 e. The zero-order valence-corrected chi connectivity index (χ0v) is 14.7. The highest BCUT2D eigenvalue weighted by atomic mass is 35.7. The standard InChI is InChI=1S/C14H21ClO3S2/c1-5-19-8-6-7-18-14-10(2)9-13(20(15,16)17)11(3)12(14)4/h9H,5-8H2,1-4H3. The van der Waals surface area contributed by atoms with Gasteiger partial charge in [0.05, 0.1) is 11.5 Å². The predicted molar refractivity (Wildman–Crippen MR) is 86.8 cm³/mol. The number of aryl methyl sites for hydroxylation is 1. The maximum absolute atomic E-state index is 11.5. The van der Waals surface area contributed by atoms with E-state index in [-0.39, 0.29) is 4.90 Å². The lowest BCUT2D eigenvalue weighted by molar-refractivity contribution is 0.314. The molecule has 0 unspecified atom stereocenters. The summed E-state index contributed by atoms with van der Waals surface area (Å²) in [6, 6.07) is 1.58. The van der Waals surface area contributed by atoms with Crippen molar-refractivity contribution in [1.82, 2.24) is 0 Å². The van der Waals surface area contributed by atoms with Crippen LogP contribution in [0.1, 0.15) is 30.0 Å². The fourth-order valence-electron chi connectivity index (χ4n) is 1.98. The molecule has 114 valence electrons. The highest BCUT2D eigenvalue weighted by Gasteiger charge is 2.19. The zero-order valence-electron chi connectivity index (χ0n) is 12.3. The van der Waals surface area contributed by atoms with Crippen LogP contribution in [0.3, 0.4) is 0 Å². The van der Waals surface area contributed by atoms with Crippen LogP contribution in [0.5, 0.6) is 5.75 Å². The Labute approximate surface area is 130 Å². The van der Waals surface area contributed by atoms with Crippen molar-refractivity contribution in [1.29, 1.82) is 0 Å². The Bertz CT molecular complexity index is 568.